The number of pyridine rings is 1. The van der Waals surface area contributed by atoms with Gasteiger partial charge in [0.15, 0.2) is 0 Å². The Morgan fingerprint density at radius 1 is 1.14 bits per heavy atom. The van der Waals surface area contributed by atoms with Crippen molar-refractivity contribution in [2.75, 3.05) is 20.2 Å². The highest BCUT2D eigenvalue weighted by molar-refractivity contribution is 5.57. The highest BCUT2D eigenvalue weighted by Gasteiger charge is 2.23. The molecule has 0 amide bonds. The van der Waals surface area contributed by atoms with Gasteiger partial charge in [0.1, 0.15) is 11.6 Å². The Bertz CT molecular complexity index is 979. The van der Waals surface area contributed by atoms with Crippen LogP contribution in [0.2, 0.25) is 0 Å². The molecule has 6 nitrogen and oxygen atoms in total. The molecule has 1 aromatic carbocycles. The second-order valence-electron chi connectivity index (χ2n) is 7.11. The minimum absolute atomic E-state index is 0.103. The van der Waals surface area contributed by atoms with Crippen LogP contribution < -0.4 is 10.3 Å². The van der Waals surface area contributed by atoms with E-state index in [1.165, 1.54) is 5.56 Å². The Labute approximate surface area is 164 Å². The lowest BCUT2D eigenvalue weighted by Crippen LogP contribution is -2.33. The molecule has 2 aromatic heterocycles. The maximum absolute atomic E-state index is 12.2. The van der Waals surface area contributed by atoms with Gasteiger partial charge in [-0.1, -0.05) is 18.2 Å². The first-order valence-electron chi connectivity index (χ1n) is 9.59. The second-order valence-corrected chi connectivity index (χ2v) is 7.11. The van der Waals surface area contributed by atoms with Gasteiger partial charge in [0, 0.05) is 42.0 Å². The van der Waals surface area contributed by atoms with E-state index in [9.17, 15) is 4.79 Å². The molecule has 0 spiro atoms. The summed E-state index contributed by atoms with van der Waals surface area (Å²) in [6, 6.07) is 13.5. The van der Waals surface area contributed by atoms with Crippen LogP contribution in [0.15, 0.2) is 59.7 Å². The molecular formula is C22H24N4O2. The average molecular weight is 376 g/mol. The fourth-order valence-electron chi connectivity index (χ4n) is 3.78. The third-order valence-electron chi connectivity index (χ3n) is 5.30. The van der Waals surface area contributed by atoms with Gasteiger partial charge in [-0.3, -0.25) is 14.7 Å². The molecule has 1 aliphatic rings. The molecule has 0 saturated carbocycles. The fraction of sp³-hybridized carbons (Fsp3) is 0.318. The fourth-order valence-corrected chi connectivity index (χ4v) is 3.78. The summed E-state index contributed by atoms with van der Waals surface area (Å²) < 4.78 is 5.46. The van der Waals surface area contributed by atoms with Crippen LogP contribution in [0, 0.1) is 0 Å². The zero-order valence-corrected chi connectivity index (χ0v) is 16.0. The van der Waals surface area contributed by atoms with Crippen LogP contribution in [-0.4, -0.2) is 40.1 Å². The van der Waals surface area contributed by atoms with Gasteiger partial charge < -0.3 is 9.72 Å². The average Bonchev–Trinajstić information content (AvgIpc) is 2.75. The summed E-state index contributed by atoms with van der Waals surface area (Å²) in [5.41, 5.74) is 2.72. The van der Waals surface area contributed by atoms with Crippen LogP contribution in [-0.2, 0) is 6.54 Å². The Kier molecular flexibility index (Phi) is 5.48. The van der Waals surface area contributed by atoms with Crippen molar-refractivity contribution in [1.29, 1.82) is 0 Å². The third-order valence-corrected chi connectivity index (χ3v) is 5.30. The van der Waals surface area contributed by atoms with Crippen molar-refractivity contribution in [1.82, 2.24) is 19.9 Å². The van der Waals surface area contributed by atoms with E-state index >= 15 is 0 Å². The van der Waals surface area contributed by atoms with E-state index in [1.807, 2.05) is 30.3 Å². The van der Waals surface area contributed by atoms with Gasteiger partial charge >= 0.3 is 0 Å². The highest BCUT2D eigenvalue weighted by Crippen LogP contribution is 2.28. The number of benzene rings is 1. The predicted molar refractivity (Wildman–Crippen MR) is 108 cm³/mol. The van der Waals surface area contributed by atoms with Crippen LogP contribution >= 0.6 is 0 Å². The number of methoxy groups -OCH3 is 1. The Morgan fingerprint density at radius 2 is 1.89 bits per heavy atom. The number of aromatic amines is 1. The molecule has 1 aliphatic heterocycles. The summed E-state index contributed by atoms with van der Waals surface area (Å²) in [5.74, 6) is 1.99. The first kappa shape index (κ1) is 18.4. The molecule has 0 bridgehead atoms. The van der Waals surface area contributed by atoms with Gasteiger partial charge in [-0.25, -0.2) is 4.98 Å². The van der Waals surface area contributed by atoms with Crippen molar-refractivity contribution in [3.8, 4) is 17.0 Å². The predicted octanol–water partition coefficient (Wildman–Crippen LogP) is 3.22. The molecule has 6 heteroatoms. The maximum Gasteiger partial charge on any atom is 0.251 e. The van der Waals surface area contributed by atoms with Crippen molar-refractivity contribution in [3.05, 3.63) is 76.6 Å². The largest absolute Gasteiger partial charge is 0.496 e. The minimum Gasteiger partial charge on any atom is -0.496 e. The molecule has 0 aliphatic carbocycles. The van der Waals surface area contributed by atoms with Gasteiger partial charge in [-0.05, 0) is 44.1 Å². The smallest absolute Gasteiger partial charge is 0.251 e. The van der Waals surface area contributed by atoms with Gasteiger partial charge in [0.25, 0.3) is 5.56 Å². The van der Waals surface area contributed by atoms with E-state index in [4.69, 9.17) is 9.72 Å². The zero-order chi connectivity index (χ0) is 19.3. The lowest BCUT2D eigenvalue weighted by Gasteiger charge is -2.31. The number of likely N-dealkylation sites (tertiary alicyclic amines) is 1. The molecule has 0 radical (unpaired) electrons. The van der Waals surface area contributed by atoms with E-state index < -0.39 is 0 Å². The number of para-hydroxylation sites is 1. The van der Waals surface area contributed by atoms with Gasteiger partial charge in [0.2, 0.25) is 0 Å². The zero-order valence-electron chi connectivity index (χ0n) is 16.0. The molecule has 28 heavy (non-hydrogen) atoms. The third kappa shape index (κ3) is 4.12. The summed E-state index contributed by atoms with van der Waals surface area (Å²) in [5, 5.41) is 0. The number of ether oxygens (including phenoxy) is 1. The lowest BCUT2D eigenvalue weighted by molar-refractivity contribution is 0.199. The standard InChI is InChI=1S/C22H24N4O2/c1-28-20-5-3-2-4-18(20)15-26-12-8-17(9-13-26)22-24-19(14-21(27)25-22)16-6-10-23-11-7-16/h2-7,10-11,14,17H,8-9,12-13,15H2,1H3,(H,24,25,27). The maximum atomic E-state index is 12.2. The SMILES string of the molecule is COc1ccccc1CN1CCC(c2nc(-c3ccncc3)cc(=O)[nH]2)CC1. The molecular weight excluding hydrogens is 352 g/mol. The van der Waals surface area contributed by atoms with E-state index in [0.717, 1.165) is 49.6 Å². The van der Waals surface area contributed by atoms with Crippen LogP contribution in [0.1, 0.15) is 30.1 Å². The molecule has 4 rings (SSSR count). The number of piperidine rings is 1. The Morgan fingerprint density at radius 3 is 2.64 bits per heavy atom. The second kappa shape index (κ2) is 8.35. The minimum atomic E-state index is -0.103. The molecule has 0 unspecified atom stereocenters. The number of nitrogens with one attached hydrogen (secondary N) is 1. The Balaban J connectivity index is 1.45. The van der Waals surface area contributed by atoms with Crippen LogP contribution in [0.4, 0.5) is 0 Å². The quantitative estimate of drug-likeness (QED) is 0.740. The number of hydrogen-bond donors (Lipinski definition) is 1. The first-order valence-corrected chi connectivity index (χ1v) is 9.59. The van der Waals surface area contributed by atoms with Crippen molar-refractivity contribution >= 4 is 0 Å². The van der Waals surface area contributed by atoms with Gasteiger partial charge in [-0.15, -0.1) is 0 Å². The molecule has 1 saturated heterocycles. The summed E-state index contributed by atoms with van der Waals surface area (Å²) >= 11 is 0. The molecule has 3 heterocycles. The summed E-state index contributed by atoms with van der Waals surface area (Å²) in [6.07, 6.45) is 5.37. The van der Waals surface area contributed by atoms with Crippen molar-refractivity contribution in [2.24, 2.45) is 0 Å². The number of aromatic nitrogens is 3. The van der Waals surface area contributed by atoms with Gasteiger partial charge in [-0.2, -0.15) is 0 Å². The van der Waals surface area contributed by atoms with Crippen molar-refractivity contribution in [2.45, 2.75) is 25.3 Å². The van der Waals surface area contributed by atoms with Crippen LogP contribution in [0.3, 0.4) is 0 Å². The number of nitrogens with zero attached hydrogens (tertiary/aromatic N) is 3. The number of rotatable bonds is 5. The molecule has 144 valence electrons. The number of H-pyrrole nitrogens is 1. The topological polar surface area (TPSA) is 71.1 Å². The number of hydrogen-bond acceptors (Lipinski definition) is 5. The highest BCUT2D eigenvalue weighted by atomic mass is 16.5. The van der Waals surface area contributed by atoms with E-state index in [0.29, 0.717) is 5.69 Å². The molecule has 1 fully saturated rings. The monoisotopic (exact) mass is 376 g/mol. The van der Waals surface area contributed by atoms with Crippen LogP contribution in [0.25, 0.3) is 11.3 Å². The summed E-state index contributed by atoms with van der Waals surface area (Å²) in [4.78, 5) is 26.3. The van der Waals surface area contributed by atoms with Gasteiger partial charge in [0.05, 0.1) is 12.8 Å². The molecule has 3 aromatic rings. The van der Waals surface area contributed by atoms with Crippen LogP contribution in [0.5, 0.6) is 5.75 Å². The molecule has 1 N–H and O–H groups in total. The first-order chi connectivity index (χ1) is 13.7. The van der Waals surface area contributed by atoms with Crippen molar-refractivity contribution in [3.63, 3.8) is 0 Å². The van der Waals surface area contributed by atoms with Crippen molar-refractivity contribution < 1.29 is 4.74 Å². The van der Waals surface area contributed by atoms with E-state index in [2.05, 4.69) is 20.9 Å². The summed E-state index contributed by atoms with van der Waals surface area (Å²) in [7, 11) is 1.71. The summed E-state index contributed by atoms with van der Waals surface area (Å²) in [6.45, 7) is 2.80. The van der Waals surface area contributed by atoms with E-state index in [1.54, 1.807) is 25.6 Å². The normalized spacial score (nSPS) is 15.5. The lowest BCUT2D eigenvalue weighted by atomic mass is 9.95. The molecule has 0 atom stereocenters. The van der Waals surface area contributed by atoms with E-state index in [-0.39, 0.29) is 11.5 Å². The Hall–Kier alpha value is -2.99.